The highest BCUT2D eigenvalue weighted by molar-refractivity contribution is 5.08. The lowest BCUT2D eigenvalue weighted by Gasteiger charge is -2.28. The maximum absolute atomic E-state index is 6.01. The predicted molar refractivity (Wildman–Crippen MR) is 77.1 cm³/mol. The first-order valence-corrected chi connectivity index (χ1v) is 7.57. The number of hydrogen-bond acceptors (Lipinski definition) is 3. The minimum absolute atomic E-state index is 0.358. The van der Waals surface area contributed by atoms with Gasteiger partial charge in [-0.2, -0.15) is 5.10 Å². The number of ether oxygens (including phenoxy) is 1. The van der Waals surface area contributed by atoms with Crippen LogP contribution in [0.2, 0.25) is 0 Å². The van der Waals surface area contributed by atoms with Crippen molar-refractivity contribution < 1.29 is 4.74 Å². The third kappa shape index (κ3) is 4.32. The summed E-state index contributed by atoms with van der Waals surface area (Å²) in [6, 6.07) is 0.414. The number of hydrogen-bond donors (Lipinski definition) is 1. The number of rotatable bonds is 9. The molecule has 1 aromatic heterocycles. The molecule has 0 saturated heterocycles. The summed E-state index contributed by atoms with van der Waals surface area (Å²) in [5.41, 5.74) is 1.29. The van der Waals surface area contributed by atoms with Crippen molar-refractivity contribution >= 4 is 0 Å². The normalized spacial score (nSPS) is 18.5. The van der Waals surface area contributed by atoms with Crippen LogP contribution in [0.3, 0.4) is 0 Å². The molecule has 1 fully saturated rings. The van der Waals surface area contributed by atoms with E-state index in [2.05, 4.69) is 30.5 Å². The Kier molecular flexibility index (Phi) is 5.40. The average Bonchev–Trinajstić information content (AvgIpc) is 3.15. The maximum Gasteiger partial charge on any atom is 0.0759 e. The smallest absolute Gasteiger partial charge is 0.0759 e. The molecule has 1 saturated carbocycles. The Balaban J connectivity index is 2.00. The van der Waals surface area contributed by atoms with E-state index in [0.717, 1.165) is 31.9 Å². The van der Waals surface area contributed by atoms with Gasteiger partial charge in [-0.15, -0.1) is 0 Å². The summed E-state index contributed by atoms with van der Waals surface area (Å²) in [4.78, 5) is 0. The minimum Gasteiger partial charge on any atom is -0.377 e. The van der Waals surface area contributed by atoms with Crippen LogP contribution in [0.1, 0.15) is 38.7 Å². The summed E-state index contributed by atoms with van der Waals surface area (Å²) in [7, 11) is 1.97. The zero-order valence-corrected chi connectivity index (χ0v) is 12.4. The van der Waals surface area contributed by atoms with Gasteiger partial charge in [0, 0.05) is 25.9 Å². The zero-order chi connectivity index (χ0) is 13.7. The molecule has 2 unspecified atom stereocenters. The van der Waals surface area contributed by atoms with Crippen molar-refractivity contribution in [2.45, 2.75) is 51.7 Å². The summed E-state index contributed by atoms with van der Waals surface area (Å²) in [5.74, 6) is 0.756. The first-order chi connectivity index (χ1) is 9.24. The number of nitrogens with one attached hydrogen (secondary N) is 1. The molecule has 2 atom stereocenters. The molecule has 4 nitrogen and oxygen atoms in total. The fourth-order valence-electron chi connectivity index (χ4n) is 2.66. The van der Waals surface area contributed by atoms with E-state index in [9.17, 15) is 0 Å². The molecule has 0 bridgehead atoms. The second-order valence-electron chi connectivity index (χ2n) is 5.54. The number of aromatic nitrogens is 2. The molecular weight excluding hydrogens is 238 g/mol. The number of aryl methyl sites for hydroxylation is 1. The van der Waals surface area contributed by atoms with Crippen molar-refractivity contribution in [3.8, 4) is 0 Å². The van der Waals surface area contributed by atoms with E-state index >= 15 is 0 Å². The highest BCUT2D eigenvalue weighted by Crippen LogP contribution is 2.36. The van der Waals surface area contributed by atoms with E-state index in [1.165, 1.54) is 18.4 Å². The van der Waals surface area contributed by atoms with Gasteiger partial charge in [0.2, 0.25) is 0 Å². The van der Waals surface area contributed by atoms with Gasteiger partial charge in [-0.1, -0.05) is 6.92 Å². The molecule has 1 aliphatic rings. The standard InChI is InChI=1S/C15H27N3O/c1-4-8-16-14(9-12-10-17-18(3)11-12)15(19-5-2)13-6-7-13/h10-11,13-16H,4-9H2,1-3H3. The minimum atomic E-state index is 0.358. The van der Waals surface area contributed by atoms with Crippen LogP contribution in [0.15, 0.2) is 12.4 Å². The van der Waals surface area contributed by atoms with Gasteiger partial charge in [-0.25, -0.2) is 0 Å². The first-order valence-electron chi connectivity index (χ1n) is 7.57. The van der Waals surface area contributed by atoms with Crippen LogP contribution in [0, 0.1) is 5.92 Å². The summed E-state index contributed by atoms with van der Waals surface area (Å²) in [6.45, 7) is 6.16. The summed E-state index contributed by atoms with van der Waals surface area (Å²) < 4.78 is 7.89. The van der Waals surface area contributed by atoms with Gasteiger partial charge in [-0.3, -0.25) is 4.68 Å². The van der Waals surface area contributed by atoms with Crippen LogP contribution < -0.4 is 5.32 Å². The topological polar surface area (TPSA) is 39.1 Å². The van der Waals surface area contributed by atoms with Crippen LogP contribution in [-0.2, 0) is 18.2 Å². The van der Waals surface area contributed by atoms with Crippen molar-refractivity contribution in [1.82, 2.24) is 15.1 Å². The summed E-state index contributed by atoms with van der Waals surface area (Å²) >= 11 is 0. The first kappa shape index (κ1) is 14.5. The lowest BCUT2D eigenvalue weighted by molar-refractivity contribution is 0.0192. The van der Waals surface area contributed by atoms with Crippen molar-refractivity contribution in [3.63, 3.8) is 0 Å². The maximum atomic E-state index is 6.01. The lowest BCUT2D eigenvalue weighted by Crippen LogP contribution is -2.44. The van der Waals surface area contributed by atoms with Crippen LogP contribution in [0.5, 0.6) is 0 Å². The molecule has 0 aromatic carbocycles. The summed E-state index contributed by atoms with van der Waals surface area (Å²) in [6.07, 6.45) is 9.25. The Hall–Kier alpha value is -0.870. The second kappa shape index (κ2) is 7.06. The average molecular weight is 265 g/mol. The Bertz CT molecular complexity index is 373. The molecule has 1 heterocycles. The summed E-state index contributed by atoms with van der Waals surface area (Å²) in [5, 5.41) is 7.94. The lowest BCUT2D eigenvalue weighted by atomic mass is 9.99. The van der Waals surface area contributed by atoms with Crippen LogP contribution >= 0.6 is 0 Å². The van der Waals surface area contributed by atoms with Crippen molar-refractivity contribution in [1.29, 1.82) is 0 Å². The van der Waals surface area contributed by atoms with Crippen LogP contribution in [0.25, 0.3) is 0 Å². The molecule has 0 aliphatic heterocycles. The molecular formula is C15H27N3O. The molecule has 108 valence electrons. The molecule has 1 aliphatic carbocycles. The van der Waals surface area contributed by atoms with Gasteiger partial charge >= 0.3 is 0 Å². The molecule has 19 heavy (non-hydrogen) atoms. The fraction of sp³-hybridized carbons (Fsp3) is 0.800. The molecule has 1 aromatic rings. The van der Waals surface area contributed by atoms with Gasteiger partial charge in [-0.05, 0) is 50.6 Å². The molecule has 1 N–H and O–H groups in total. The Morgan fingerprint density at radius 2 is 2.26 bits per heavy atom. The van der Waals surface area contributed by atoms with Crippen molar-refractivity contribution in [3.05, 3.63) is 18.0 Å². The van der Waals surface area contributed by atoms with Gasteiger partial charge < -0.3 is 10.1 Å². The van der Waals surface area contributed by atoms with Crippen LogP contribution in [-0.4, -0.2) is 35.1 Å². The highest BCUT2D eigenvalue weighted by Gasteiger charge is 2.37. The third-order valence-corrected chi connectivity index (χ3v) is 3.71. The van der Waals surface area contributed by atoms with E-state index in [4.69, 9.17) is 4.74 Å². The SMILES string of the molecule is CCCNC(Cc1cnn(C)c1)C(OCC)C1CC1. The van der Waals surface area contributed by atoms with Gasteiger partial charge in [0.25, 0.3) is 0 Å². The highest BCUT2D eigenvalue weighted by atomic mass is 16.5. The van der Waals surface area contributed by atoms with E-state index in [1.54, 1.807) is 0 Å². The Morgan fingerprint density at radius 3 is 2.79 bits per heavy atom. The van der Waals surface area contributed by atoms with E-state index in [0.29, 0.717) is 12.1 Å². The monoisotopic (exact) mass is 265 g/mol. The van der Waals surface area contributed by atoms with Gasteiger partial charge in [0.05, 0.1) is 12.3 Å². The van der Waals surface area contributed by atoms with Crippen molar-refractivity contribution in [2.24, 2.45) is 13.0 Å². The van der Waals surface area contributed by atoms with Gasteiger partial charge in [0.15, 0.2) is 0 Å². The molecule has 0 radical (unpaired) electrons. The van der Waals surface area contributed by atoms with Crippen LogP contribution in [0.4, 0.5) is 0 Å². The molecule has 2 rings (SSSR count). The molecule has 4 heteroatoms. The van der Waals surface area contributed by atoms with E-state index in [1.807, 2.05) is 17.9 Å². The second-order valence-corrected chi connectivity index (χ2v) is 5.54. The van der Waals surface area contributed by atoms with E-state index < -0.39 is 0 Å². The van der Waals surface area contributed by atoms with Gasteiger partial charge in [0.1, 0.15) is 0 Å². The Morgan fingerprint density at radius 1 is 1.47 bits per heavy atom. The fourth-order valence-corrected chi connectivity index (χ4v) is 2.66. The number of nitrogens with zero attached hydrogens (tertiary/aromatic N) is 2. The largest absolute Gasteiger partial charge is 0.377 e. The predicted octanol–water partition coefficient (Wildman–Crippen LogP) is 2.15. The zero-order valence-electron chi connectivity index (χ0n) is 12.4. The third-order valence-electron chi connectivity index (χ3n) is 3.71. The van der Waals surface area contributed by atoms with E-state index in [-0.39, 0.29) is 0 Å². The van der Waals surface area contributed by atoms with Crippen molar-refractivity contribution in [2.75, 3.05) is 13.2 Å². The Labute approximate surface area is 116 Å². The molecule has 0 amide bonds. The molecule has 0 spiro atoms. The quantitative estimate of drug-likeness (QED) is 0.743.